The molecule has 0 N–H and O–H groups in total. The summed E-state index contributed by atoms with van der Waals surface area (Å²) in [4.78, 5) is 0. The first-order valence-electron chi connectivity index (χ1n) is 32.0. The predicted octanol–water partition coefficient (Wildman–Crippen LogP) is 24.6. The van der Waals surface area contributed by atoms with Crippen molar-refractivity contribution in [2.75, 3.05) is 0 Å². The van der Waals surface area contributed by atoms with Crippen LogP contribution in [0.1, 0.15) is 332 Å². The molecule has 0 radical (unpaired) electrons. The van der Waals surface area contributed by atoms with Gasteiger partial charge in [0.1, 0.15) is 0 Å². The Bertz CT molecular complexity index is 2870. The molecule has 2 nitrogen and oxygen atoms in total. The number of benzene rings is 6. The lowest BCUT2D eigenvalue weighted by Crippen LogP contribution is -2.41. The lowest BCUT2D eigenvalue weighted by molar-refractivity contribution is 0.00578. The van der Waals surface area contributed by atoms with E-state index < -0.39 is 18.3 Å². The summed E-state index contributed by atoms with van der Waals surface area (Å²) in [6.45, 7) is 64.5. The lowest BCUT2D eigenvalue weighted by atomic mass is 9.73. The number of halogens is 1. The van der Waals surface area contributed by atoms with Crippen LogP contribution in [0.25, 0.3) is 44.5 Å². The molecular formula is C78H110BBrO2. The summed E-state index contributed by atoms with van der Waals surface area (Å²) in [6, 6.07) is 34.1. The molecule has 1 aliphatic rings. The molecule has 4 heteroatoms. The van der Waals surface area contributed by atoms with E-state index in [1.54, 1.807) is 0 Å². The maximum Gasteiger partial charge on any atom is 0.494 e. The first-order valence-corrected chi connectivity index (χ1v) is 32.8. The Balaban J connectivity index is 0.000000269. The van der Waals surface area contributed by atoms with Crippen LogP contribution < -0.4 is 5.46 Å². The van der Waals surface area contributed by atoms with Gasteiger partial charge < -0.3 is 9.31 Å². The molecule has 0 amide bonds. The average Bonchev–Trinajstić information content (AvgIpc) is 3.61. The van der Waals surface area contributed by atoms with E-state index in [-0.39, 0.29) is 0 Å². The van der Waals surface area contributed by atoms with Crippen LogP contribution in [0.3, 0.4) is 0 Å². The van der Waals surface area contributed by atoms with Gasteiger partial charge in [-0.3, -0.25) is 0 Å². The fraction of sp³-hybridized carbons (Fsp3) is 0.538. The zero-order valence-electron chi connectivity index (χ0n) is 56.8. The fourth-order valence-corrected chi connectivity index (χ4v) is 12.6. The summed E-state index contributed by atoms with van der Waals surface area (Å²) in [5.41, 5.74) is 28.3. The smallest absolute Gasteiger partial charge is 0.399 e. The van der Waals surface area contributed by atoms with Gasteiger partial charge in [-0.25, -0.2) is 0 Å². The van der Waals surface area contributed by atoms with Gasteiger partial charge in [-0.15, -0.1) is 0 Å². The maximum atomic E-state index is 6.72. The van der Waals surface area contributed by atoms with Crippen molar-refractivity contribution in [1.82, 2.24) is 0 Å². The van der Waals surface area contributed by atoms with Crippen LogP contribution >= 0.6 is 15.9 Å². The summed E-state index contributed by atoms with van der Waals surface area (Å²) >= 11 is 3.93. The molecule has 0 bridgehead atoms. The largest absolute Gasteiger partial charge is 0.494 e. The summed E-state index contributed by atoms with van der Waals surface area (Å²) in [7, 11) is -0.437. The Labute approximate surface area is 511 Å². The summed E-state index contributed by atoms with van der Waals surface area (Å²) in [6.07, 6.45) is 0. The first kappa shape index (κ1) is 66.9. The second kappa shape index (κ2) is 26.6. The highest BCUT2D eigenvalue weighted by Gasteiger charge is 2.52. The van der Waals surface area contributed by atoms with Crippen molar-refractivity contribution in [3.8, 4) is 44.5 Å². The van der Waals surface area contributed by atoms with E-state index >= 15 is 0 Å². The highest BCUT2D eigenvalue weighted by molar-refractivity contribution is 9.10. The van der Waals surface area contributed by atoms with Crippen molar-refractivity contribution < 1.29 is 9.31 Å². The molecule has 6 aromatic carbocycles. The molecule has 7 rings (SSSR count). The molecule has 0 unspecified atom stereocenters. The summed E-state index contributed by atoms with van der Waals surface area (Å²) < 4.78 is 14.6. The Morgan fingerprint density at radius 1 is 0.268 bits per heavy atom. The highest BCUT2D eigenvalue weighted by atomic mass is 79.9. The molecule has 6 aromatic rings. The van der Waals surface area contributed by atoms with Gasteiger partial charge in [0.05, 0.1) is 11.2 Å². The number of hydrogen-bond donors (Lipinski definition) is 0. The minimum absolute atomic E-state index is 0.392. The Hall–Kier alpha value is -4.22. The van der Waals surface area contributed by atoms with E-state index in [2.05, 4.69) is 295 Å². The standard InChI is InChI=1S/C42H61BO2.C36H49Br/c1-24(2)30-20-35(26(5)6)39(36(21-30)27(7)8)32-17-33(19-34(18-32)43-44-41(13,14)42(15,16)45-43)40-37(28(9)10)22-31(25(3)4)23-38(40)29(11)12;1-20(2)26-16-31(22(5)6)35(32(17-26)23(7)8)28-13-29(15-30(37)14-28)36-33(24(9)10)18-27(21(3)4)19-34(36)25(11)12/h17-29H,1-16H3;13-25H,1-12H3. The topological polar surface area (TPSA) is 18.5 Å². The molecular weight excluding hydrogens is 1060 g/mol. The maximum absolute atomic E-state index is 6.72. The molecule has 0 aromatic heterocycles. The minimum atomic E-state index is -0.437. The molecule has 1 aliphatic heterocycles. The molecule has 0 atom stereocenters. The predicted molar refractivity (Wildman–Crippen MR) is 367 cm³/mol. The molecule has 0 spiro atoms. The van der Waals surface area contributed by atoms with Crippen molar-refractivity contribution in [3.05, 3.63) is 156 Å². The van der Waals surface area contributed by atoms with Crippen molar-refractivity contribution in [2.45, 2.75) is 276 Å². The van der Waals surface area contributed by atoms with Crippen molar-refractivity contribution in [2.24, 2.45) is 0 Å². The lowest BCUT2D eigenvalue weighted by Gasteiger charge is -2.32. The van der Waals surface area contributed by atoms with E-state index in [0.717, 1.165) is 9.94 Å². The normalized spacial score (nSPS) is 14.6. The van der Waals surface area contributed by atoms with Crippen molar-refractivity contribution >= 4 is 28.5 Å². The van der Waals surface area contributed by atoms with Crippen LogP contribution in [0.2, 0.25) is 0 Å². The molecule has 1 heterocycles. The van der Waals surface area contributed by atoms with Gasteiger partial charge >= 0.3 is 7.12 Å². The first-order chi connectivity index (χ1) is 38.0. The van der Waals surface area contributed by atoms with E-state index in [4.69, 9.17) is 9.31 Å². The monoisotopic (exact) mass is 1170 g/mol. The number of hydrogen-bond acceptors (Lipinski definition) is 2. The highest BCUT2D eigenvalue weighted by Crippen LogP contribution is 2.47. The van der Waals surface area contributed by atoms with Gasteiger partial charge in [0.25, 0.3) is 0 Å². The van der Waals surface area contributed by atoms with Crippen molar-refractivity contribution in [1.29, 1.82) is 0 Å². The molecule has 1 fully saturated rings. The van der Waals surface area contributed by atoms with Crippen LogP contribution in [0.4, 0.5) is 0 Å². The van der Waals surface area contributed by atoms with E-state index in [1.165, 1.54) is 111 Å². The fourth-order valence-electron chi connectivity index (χ4n) is 12.1. The third-order valence-corrected chi connectivity index (χ3v) is 18.5. The van der Waals surface area contributed by atoms with E-state index in [0.29, 0.717) is 71.0 Å². The van der Waals surface area contributed by atoms with Gasteiger partial charge in [-0.1, -0.05) is 243 Å². The quantitative estimate of drug-likeness (QED) is 0.0848. The third kappa shape index (κ3) is 14.5. The Morgan fingerprint density at radius 3 is 0.622 bits per heavy atom. The Kier molecular flexibility index (Phi) is 21.7. The second-order valence-corrected chi connectivity index (χ2v) is 30.2. The molecule has 0 saturated carbocycles. The van der Waals surface area contributed by atoms with Crippen LogP contribution in [0.5, 0.6) is 0 Å². The molecule has 82 heavy (non-hydrogen) atoms. The molecule has 444 valence electrons. The SMILES string of the molecule is CC(C)c1cc(C(C)C)c(-c2cc(B3OC(C)(C)C(C)(C)O3)cc(-c3c(C(C)C)cc(C(C)C)cc3C(C)C)c2)c(C(C)C)c1.CC(C)c1cc(C(C)C)c(-c2cc(Br)cc(-c3c(C(C)C)cc(C(C)C)cc3C(C)C)c2)c(C(C)C)c1. The average molecular weight is 1170 g/mol. The van der Waals surface area contributed by atoms with Gasteiger partial charge in [0, 0.05) is 4.47 Å². The molecule has 1 saturated heterocycles. The van der Waals surface area contributed by atoms with Gasteiger partial charge in [0.2, 0.25) is 0 Å². The third-order valence-electron chi connectivity index (χ3n) is 18.1. The van der Waals surface area contributed by atoms with Crippen molar-refractivity contribution in [3.63, 3.8) is 0 Å². The van der Waals surface area contributed by atoms with Crippen LogP contribution in [-0.2, 0) is 9.31 Å². The van der Waals surface area contributed by atoms with Gasteiger partial charge in [-0.2, -0.15) is 0 Å². The van der Waals surface area contributed by atoms with Crippen LogP contribution in [0.15, 0.2) is 89.4 Å². The Morgan fingerprint density at radius 2 is 0.451 bits per heavy atom. The van der Waals surface area contributed by atoms with E-state index in [9.17, 15) is 0 Å². The second-order valence-electron chi connectivity index (χ2n) is 29.3. The van der Waals surface area contributed by atoms with Gasteiger partial charge in [-0.05, 0) is 240 Å². The molecule has 0 aliphatic carbocycles. The van der Waals surface area contributed by atoms with Crippen LogP contribution in [0, 0.1) is 0 Å². The summed E-state index contributed by atoms with van der Waals surface area (Å²) in [5.74, 6) is 5.37. The zero-order chi connectivity index (χ0) is 61.5. The van der Waals surface area contributed by atoms with E-state index in [1.807, 2.05) is 0 Å². The minimum Gasteiger partial charge on any atom is -0.399 e. The zero-order valence-corrected chi connectivity index (χ0v) is 58.4. The van der Waals surface area contributed by atoms with Gasteiger partial charge in [0.15, 0.2) is 0 Å². The number of rotatable bonds is 17. The summed E-state index contributed by atoms with van der Waals surface area (Å²) in [5, 5.41) is 0. The van der Waals surface area contributed by atoms with Crippen LogP contribution in [-0.4, -0.2) is 18.3 Å².